The highest BCUT2D eigenvalue weighted by Crippen LogP contribution is 2.30. The van der Waals surface area contributed by atoms with E-state index in [1.807, 2.05) is 0 Å². The van der Waals surface area contributed by atoms with Gasteiger partial charge in [-0.25, -0.2) is 4.79 Å². The minimum absolute atomic E-state index is 0.402. The third kappa shape index (κ3) is 7.45. The van der Waals surface area contributed by atoms with E-state index >= 15 is 0 Å². The van der Waals surface area contributed by atoms with Crippen molar-refractivity contribution in [3.63, 3.8) is 0 Å². The SMILES string of the molecule is C=CC(=O)OC(O)CC.O=C(O)C1CCCCC1C(=O)O. The predicted octanol–water partition coefficient (Wildman–Crippen LogP) is 1.41. The Kier molecular flexibility index (Phi) is 9.03. The van der Waals surface area contributed by atoms with E-state index in [2.05, 4.69) is 11.3 Å². The monoisotopic (exact) mass is 302 g/mol. The molecule has 0 aromatic rings. The van der Waals surface area contributed by atoms with Gasteiger partial charge in [-0.05, 0) is 12.8 Å². The summed E-state index contributed by atoms with van der Waals surface area (Å²) in [5, 5.41) is 26.1. The second kappa shape index (κ2) is 9.93. The number of aliphatic hydroxyl groups excluding tert-OH is 1. The van der Waals surface area contributed by atoms with Crippen molar-refractivity contribution in [1.82, 2.24) is 0 Å². The zero-order valence-corrected chi connectivity index (χ0v) is 12.0. The third-order valence-corrected chi connectivity index (χ3v) is 3.17. The average molecular weight is 302 g/mol. The van der Waals surface area contributed by atoms with Crippen molar-refractivity contribution in [2.45, 2.75) is 45.3 Å². The van der Waals surface area contributed by atoms with Gasteiger partial charge in [0.15, 0.2) is 0 Å². The van der Waals surface area contributed by atoms with Crippen molar-refractivity contribution >= 4 is 17.9 Å². The van der Waals surface area contributed by atoms with Crippen molar-refractivity contribution in [3.8, 4) is 0 Å². The molecular weight excluding hydrogens is 280 g/mol. The molecule has 7 heteroatoms. The van der Waals surface area contributed by atoms with Crippen molar-refractivity contribution < 1.29 is 34.4 Å². The lowest BCUT2D eigenvalue weighted by Gasteiger charge is -2.24. The molecule has 0 bridgehead atoms. The molecule has 1 fully saturated rings. The Labute approximate surface area is 123 Å². The molecule has 0 radical (unpaired) electrons. The van der Waals surface area contributed by atoms with Crippen LogP contribution in [0.25, 0.3) is 0 Å². The molecule has 3 unspecified atom stereocenters. The minimum atomic E-state index is -0.990. The lowest BCUT2D eigenvalue weighted by molar-refractivity contribution is -0.161. The van der Waals surface area contributed by atoms with Crippen LogP contribution >= 0.6 is 0 Å². The molecule has 3 atom stereocenters. The van der Waals surface area contributed by atoms with Crippen LogP contribution in [0.15, 0.2) is 12.7 Å². The molecule has 0 spiro atoms. The predicted molar refractivity (Wildman–Crippen MR) is 73.3 cm³/mol. The number of carbonyl (C=O) groups excluding carboxylic acids is 1. The normalized spacial score (nSPS) is 22.2. The van der Waals surface area contributed by atoms with Crippen LogP contribution < -0.4 is 0 Å². The van der Waals surface area contributed by atoms with Crippen LogP contribution in [0, 0.1) is 11.8 Å². The van der Waals surface area contributed by atoms with Gasteiger partial charge >= 0.3 is 17.9 Å². The second-order valence-corrected chi connectivity index (χ2v) is 4.68. The number of hydrogen-bond acceptors (Lipinski definition) is 5. The highest BCUT2D eigenvalue weighted by molar-refractivity contribution is 5.81. The van der Waals surface area contributed by atoms with Crippen LogP contribution in [0.4, 0.5) is 0 Å². The number of rotatable bonds is 5. The van der Waals surface area contributed by atoms with Crippen LogP contribution in [0.2, 0.25) is 0 Å². The Morgan fingerprint density at radius 2 is 1.62 bits per heavy atom. The van der Waals surface area contributed by atoms with E-state index in [0.717, 1.165) is 18.9 Å². The summed E-state index contributed by atoms with van der Waals surface area (Å²) in [5.74, 6) is -3.87. The summed E-state index contributed by atoms with van der Waals surface area (Å²) in [4.78, 5) is 31.5. The first-order valence-corrected chi connectivity index (χ1v) is 6.80. The maximum atomic E-state index is 10.6. The third-order valence-electron chi connectivity index (χ3n) is 3.17. The standard InChI is InChI=1S/C8H12O4.C6H10O3/c9-7(10)5-3-1-2-4-6(5)8(11)12;1-3-5(7)9-6(8)4-2/h5-6H,1-4H2,(H,9,10)(H,11,12);3,6,8H,1,4H2,2H3. The lowest BCUT2D eigenvalue weighted by atomic mass is 9.79. The molecule has 0 saturated heterocycles. The van der Waals surface area contributed by atoms with Crippen molar-refractivity contribution in [3.05, 3.63) is 12.7 Å². The van der Waals surface area contributed by atoms with Crippen molar-refractivity contribution in [2.24, 2.45) is 11.8 Å². The van der Waals surface area contributed by atoms with Gasteiger partial charge in [-0.2, -0.15) is 0 Å². The van der Waals surface area contributed by atoms with Gasteiger partial charge in [0.2, 0.25) is 6.29 Å². The summed E-state index contributed by atoms with van der Waals surface area (Å²) < 4.78 is 4.35. The largest absolute Gasteiger partial charge is 0.481 e. The van der Waals surface area contributed by atoms with Gasteiger partial charge < -0.3 is 20.1 Å². The number of esters is 1. The number of aliphatic carboxylic acids is 2. The van der Waals surface area contributed by atoms with Gasteiger partial charge in [-0.3, -0.25) is 9.59 Å². The Bertz CT molecular complexity index is 356. The van der Waals surface area contributed by atoms with Gasteiger partial charge in [0.1, 0.15) is 0 Å². The summed E-state index contributed by atoms with van der Waals surface area (Å²) in [6.07, 6.45) is 3.11. The molecule has 1 aliphatic rings. The summed E-state index contributed by atoms with van der Waals surface area (Å²) >= 11 is 0. The maximum Gasteiger partial charge on any atom is 0.332 e. The Morgan fingerprint density at radius 3 is 1.90 bits per heavy atom. The summed E-state index contributed by atoms with van der Waals surface area (Å²) in [6.45, 7) is 4.87. The molecule has 0 aromatic carbocycles. The topological polar surface area (TPSA) is 121 Å². The molecule has 0 amide bonds. The van der Waals surface area contributed by atoms with E-state index in [1.165, 1.54) is 0 Å². The molecule has 1 saturated carbocycles. The minimum Gasteiger partial charge on any atom is -0.481 e. The average Bonchev–Trinajstić information content (AvgIpc) is 2.47. The molecule has 0 aliphatic heterocycles. The molecule has 3 N–H and O–H groups in total. The quantitative estimate of drug-likeness (QED) is 0.398. The number of ether oxygens (including phenoxy) is 1. The van der Waals surface area contributed by atoms with E-state index in [0.29, 0.717) is 19.3 Å². The van der Waals surface area contributed by atoms with E-state index < -0.39 is 36.0 Å². The van der Waals surface area contributed by atoms with E-state index in [4.69, 9.17) is 15.3 Å². The Hall–Kier alpha value is -1.89. The van der Waals surface area contributed by atoms with Crippen LogP contribution in [0.1, 0.15) is 39.0 Å². The first-order chi connectivity index (χ1) is 9.83. The van der Waals surface area contributed by atoms with Gasteiger partial charge in [0, 0.05) is 12.5 Å². The number of hydrogen-bond donors (Lipinski definition) is 3. The number of carboxylic acid groups (broad SMARTS) is 2. The van der Waals surface area contributed by atoms with E-state index in [-0.39, 0.29) is 0 Å². The number of carboxylic acids is 2. The van der Waals surface area contributed by atoms with Gasteiger partial charge in [0.25, 0.3) is 0 Å². The highest BCUT2D eigenvalue weighted by Gasteiger charge is 2.35. The fourth-order valence-corrected chi connectivity index (χ4v) is 1.99. The van der Waals surface area contributed by atoms with Crippen LogP contribution in [0.3, 0.4) is 0 Å². The molecule has 0 aromatic heterocycles. The molecule has 0 heterocycles. The maximum absolute atomic E-state index is 10.6. The van der Waals surface area contributed by atoms with Gasteiger partial charge in [-0.1, -0.05) is 26.3 Å². The van der Waals surface area contributed by atoms with Gasteiger partial charge in [0.05, 0.1) is 11.8 Å². The van der Waals surface area contributed by atoms with Crippen LogP contribution in [-0.4, -0.2) is 39.5 Å². The second-order valence-electron chi connectivity index (χ2n) is 4.68. The van der Waals surface area contributed by atoms with Gasteiger partial charge in [-0.15, -0.1) is 0 Å². The van der Waals surface area contributed by atoms with E-state index in [9.17, 15) is 14.4 Å². The van der Waals surface area contributed by atoms with E-state index in [1.54, 1.807) is 6.92 Å². The molecule has 21 heavy (non-hydrogen) atoms. The molecule has 1 rings (SSSR count). The molecule has 120 valence electrons. The summed E-state index contributed by atoms with van der Waals surface area (Å²) in [7, 11) is 0. The fourth-order valence-electron chi connectivity index (χ4n) is 1.99. The summed E-state index contributed by atoms with van der Waals surface area (Å²) in [5.41, 5.74) is 0. The zero-order chi connectivity index (χ0) is 16.4. The molecule has 1 aliphatic carbocycles. The fraction of sp³-hybridized carbons (Fsp3) is 0.643. The Balaban J connectivity index is 0.000000400. The number of carbonyl (C=O) groups is 3. The van der Waals surface area contributed by atoms with Crippen LogP contribution in [-0.2, 0) is 19.1 Å². The Morgan fingerprint density at radius 1 is 1.19 bits per heavy atom. The highest BCUT2D eigenvalue weighted by atomic mass is 16.6. The zero-order valence-electron chi connectivity index (χ0n) is 12.0. The molecular formula is C14H22O7. The van der Waals surface area contributed by atoms with Crippen molar-refractivity contribution in [1.29, 1.82) is 0 Å². The molecule has 7 nitrogen and oxygen atoms in total. The smallest absolute Gasteiger partial charge is 0.332 e. The van der Waals surface area contributed by atoms with Crippen LogP contribution in [0.5, 0.6) is 0 Å². The first kappa shape index (κ1) is 19.1. The number of aliphatic hydroxyl groups is 1. The van der Waals surface area contributed by atoms with Crippen molar-refractivity contribution in [2.75, 3.05) is 0 Å². The lowest BCUT2D eigenvalue weighted by Crippen LogP contribution is -2.32. The first-order valence-electron chi connectivity index (χ1n) is 6.80. The summed E-state index contributed by atoms with van der Waals surface area (Å²) in [6, 6.07) is 0.